The molecular weight excluding hydrogens is 490 g/mol. The number of amides is 3. The summed E-state index contributed by atoms with van der Waals surface area (Å²) < 4.78 is 5.45. The molecule has 0 saturated carbocycles. The Morgan fingerprint density at radius 1 is 0.949 bits per heavy atom. The normalized spacial score (nSPS) is 12.8. The zero-order valence-electron chi connectivity index (χ0n) is 25.3. The molecule has 0 bridgehead atoms. The number of terminal acetylenes is 1. The van der Waals surface area contributed by atoms with E-state index in [1.165, 1.54) is 0 Å². The number of nitrogens with zero attached hydrogens (tertiary/aromatic N) is 1. The molecule has 2 N–H and O–H groups in total. The van der Waals surface area contributed by atoms with Crippen LogP contribution in [0.2, 0.25) is 0 Å². The van der Waals surface area contributed by atoms with Crippen LogP contribution in [-0.4, -0.2) is 47.5 Å². The van der Waals surface area contributed by atoms with Crippen LogP contribution in [0.1, 0.15) is 117 Å². The maximum atomic E-state index is 14.2. The molecule has 0 aliphatic rings. The molecule has 39 heavy (non-hydrogen) atoms. The standard InChI is InChI=1S/C32H51N3O4/c1-9-12-14-15-17-23-35(30(37)27(24(4)5)34-31(38)39-32(6,7)8)28(29(36)33-22-16-13-10-2)26-20-18-25(11-3)19-21-26/h3,18-21,24,27-28H,9-10,12-17,22-23H2,1-2,4-8H3,(H,33,36)(H,34,38). The lowest BCUT2D eigenvalue weighted by molar-refractivity contribution is -0.143. The Bertz CT molecular complexity index is 928. The minimum absolute atomic E-state index is 0.218. The summed E-state index contributed by atoms with van der Waals surface area (Å²) in [7, 11) is 0. The molecule has 0 fully saturated rings. The Labute approximate surface area is 236 Å². The molecule has 2 atom stereocenters. The van der Waals surface area contributed by atoms with Gasteiger partial charge in [-0.05, 0) is 57.2 Å². The van der Waals surface area contributed by atoms with Crippen molar-refractivity contribution >= 4 is 17.9 Å². The fraction of sp³-hybridized carbons (Fsp3) is 0.656. The zero-order valence-corrected chi connectivity index (χ0v) is 25.3. The quantitative estimate of drug-likeness (QED) is 0.188. The Morgan fingerprint density at radius 2 is 1.54 bits per heavy atom. The van der Waals surface area contributed by atoms with E-state index in [1.54, 1.807) is 37.8 Å². The molecule has 0 saturated heterocycles. The summed E-state index contributed by atoms with van der Waals surface area (Å²) in [5.41, 5.74) is 0.682. The third kappa shape index (κ3) is 12.6. The third-order valence-corrected chi connectivity index (χ3v) is 6.42. The molecule has 1 rings (SSSR count). The van der Waals surface area contributed by atoms with E-state index in [2.05, 4.69) is 30.4 Å². The molecule has 0 radical (unpaired) electrons. The summed E-state index contributed by atoms with van der Waals surface area (Å²) in [6.45, 7) is 14.3. The van der Waals surface area contributed by atoms with Crippen molar-refractivity contribution in [1.29, 1.82) is 0 Å². The van der Waals surface area contributed by atoms with Gasteiger partial charge in [0.2, 0.25) is 11.8 Å². The van der Waals surface area contributed by atoms with E-state index in [9.17, 15) is 14.4 Å². The van der Waals surface area contributed by atoms with Crippen LogP contribution in [0.15, 0.2) is 24.3 Å². The summed E-state index contributed by atoms with van der Waals surface area (Å²) in [6.07, 6.45) is 12.8. The summed E-state index contributed by atoms with van der Waals surface area (Å²) >= 11 is 0. The van der Waals surface area contributed by atoms with Gasteiger partial charge in [0.25, 0.3) is 0 Å². The van der Waals surface area contributed by atoms with E-state index in [1.807, 2.05) is 26.0 Å². The van der Waals surface area contributed by atoms with Crippen LogP contribution in [0, 0.1) is 18.3 Å². The van der Waals surface area contributed by atoms with Gasteiger partial charge in [-0.2, -0.15) is 0 Å². The van der Waals surface area contributed by atoms with Gasteiger partial charge in [0.15, 0.2) is 0 Å². The Morgan fingerprint density at radius 3 is 2.08 bits per heavy atom. The van der Waals surface area contributed by atoms with Crippen molar-refractivity contribution in [2.24, 2.45) is 5.92 Å². The van der Waals surface area contributed by atoms with Gasteiger partial charge in [0.1, 0.15) is 17.7 Å². The highest BCUT2D eigenvalue weighted by Crippen LogP contribution is 2.25. The number of alkyl carbamates (subject to hydrolysis) is 1. The van der Waals surface area contributed by atoms with Crippen LogP contribution in [0.4, 0.5) is 4.79 Å². The molecule has 0 aliphatic carbocycles. The van der Waals surface area contributed by atoms with E-state index in [4.69, 9.17) is 11.2 Å². The molecule has 1 aromatic rings. The Hall–Kier alpha value is -3.01. The molecule has 0 aromatic heterocycles. The molecular formula is C32H51N3O4. The van der Waals surface area contributed by atoms with E-state index in [-0.39, 0.29) is 17.7 Å². The molecule has 2 unspecified atom stereocenters. The lowest BCUT2D eigenvalue weighted by atomic mass is 9.97. The van der Waals surface area contributed by atoms with Gasteiger partial charge >= 0.3 is 6.09 Å². The first kappa shape index (κ1) is 34.0. The van der Waals surface area contributed by atoms with Gasteiger partial charge in [-0.3, -0.25) is 9.59 Å². The maximum absolute atomic E-state index is 14.2. The van der Waals surface area contributed by atoms with Crippen LogP contribution in [0.5, 0.6) is 0 Å². The van der Waals surface area contributed by atoms with Crippen molar-refractivity contribution in [1.82, 2.24) is 15.5 Å². The lowest BCUT2D eigenvalue weighted by Gasteiger charge is -2.35. The van der Waals surface area contributed by atoms with E-state index in [0.717, 1.165) is 51.4 Å². The first-order valence-corrected chi connectivity index (χ1v) is 14.6. The fourth-order valence-corrected chi connectivity index (χ4v) is 4.30. The van der Waals surface area contributed by atoms with E-state index in [0.29, 0.717) is 24.2 Å². The van der Waals surface area contributed by atoms with Gasteiger partial charge in [-0.25, -0.2) is 4.79 Å². The average Bonchev–Trinajstić information content (AvgIpc) is 2.87. The number of benzene rings is 1. The third-order valence-electron chi connectivity index (χ3n) is 6.42. The topological polar surface area (TPSA) is 87.7 Å². The zero-order chi connectivity index (χ0) is 29.4. The highest BCUT2D eigenvalue weighted by atomic mass is 16.6. The van der Waals surface area contributed by atoms with Crippen molar-refractivity contribution in [3.05, 3.63) is 35.4 Å². The summed E-state index contributed by atoms with van der Waals surface area (Å²) in [6, 6.07) is 5.50. The van der Waals surface area contributed by atoms with Gasteiger partial charge in [-0.15, -0.1) is 6.42 Å². The molecule has 1 aromatic carbocycles. The predicted octanol–water partition coefficient (Wildman–Crippen LogP) is 6.36. The molecule has 0 aliphatic heterocycles. The molecule has 0 heterocycles. The largest absolute Gasteiger partial charge is 0.444 e. The van der Waals surface area contributed by atoms with Gasteiger partial charge in [-0.1, -0.05) is 84.3 Å². The minimum Gasteiger partial charge on any atom is -0.444 e. The second-order valence-electron chi connectivity index (χ2n) is 11.5. The predicted molar refractivity (Wildman–Crippen MR) is 158 cm³/mol. The van der Waals surface area contributed by atoms with Crippen LogP contribution in [-0.2, 0) is 14.3 Å². The van der Waals surface area contributed by atoms with Crippen molar-refractivity contribution in [2.75, 3.05) is 13.1 Å². The van der Waals surface area contributed by atoms with Crippen LogP contribution < -0.4 is 10.6 Å². The molecule has 7 nitrogen and oxygen atoms in total. The van der Waals surface area contributed by atoms with Crippen molar-refractivity contribution in [2.45, 2.75) is 118 Å². The summed E-state index contributed by atoms with van der Waals surface area (Å²) in [5.74, 6) is 1.85. The van der Waals surface area contributed by atoms with E-state index >= 15 is 0 Å². The number of carbonyl (C=O) groups is 3. The first-order valence-electron chi connectivity index (χ1n) is 14.6. The van der Waals surface area contributed by atoms with Crippen molar-refractivity contribution in [3.63, 3.8) is 0 Å². The number of rotatable bonds is 16. The van der Waals surface area contributed by atoms with Crippen LogP contribution in [0.25, 0.3) is 0 Å². The number of hydrogen-bond acceptors (Lipinski definition) is 4. The number of carbonyl (C=O) groups excluding carboxylic acids is 3. The fourth-order valence-electron chi connectivity index (χ4n) is 4.30. The average molecular weight is 542 g/mol. The number of hydrogen-bond donors (Lipinski definition) is 2. The van der Waals surface area contributed by atoms with Gasteiger partial charge in [0.05, 0.1) is 0 Å². The number of ether oxygens (including phenoxy) is 1. The monoisotopic (exact) mass is 541 g/mol. The number of nitrogens with one attached hydrogen (secondary N) is 2. The van der Waals surface area contributed by atoms with Gasteiger partial charge < -0.3 is 20.3 Å². The highest BCUT2D eigenvalue weighted by molar-refractivity contribution is 5.92. The number of unbranched alkanes of at least 4 members (excludes halogenated alkanes) is 6. The molecule has 0 spiro atoms. The van der Waals surface area contributed by atoms with Crippen molar-refractivity contribution < 1.29 is 19.1 Å². The molecule has 218 valence electrons. The Kier molecular flexibility index (Phi) is 15.3. The second-order valence-corrected chi connectivity index (χ2v) is 11.5. The smallest absolute Gasteiger partial charge is 0.408 e. The van der Waals surface area contributed by atoms with Gasteiger partial charge in [0, 0.05) is 18.7 Å². The molecule has 7 heteroatoms. The summed E-state index contributed by atoms with van der Waals surface area (Å²) in [4.78, 5) is 42.2. The second kappa shape index (κ2) is 17.6. The lowest BCUT2D eigenvalue weighted by Crippen LogP contribution is -2.55. The summed E-state index contributed by atoms with van der Waals surface area (Å²) in [5, 5.41) is 5.82. The van der Waals surface area contributed by atoms with Crippen LogP contribution >= 0.6 is 0 Å². The minimum atomic E-state index is -0.851. The SMILES string of the molecule is C#Cc1ccc(C(C(=O)NCCCCC)N(CCCCCCC)C(=O)C(NC(=O)OC(C)(C)C)C(C)C)cc1. The molecule has 3 amide bonds. The first-order chi connectivity index (χ1) is 18.4. The van der Waals surface area contributed by atoms with E-state index < -0.39 is 23.8 Å². The Balaban J connectivity index is 3.42. The van der Waals surface area contributed by atoms with Crippen molar-refractivity contribution in [3.8, 4) is 12.3 Å². The maximum Gasteiger partial charge on any atom is 0.408 e. The highest BCUT2D eigenvalue weighted by Gasteiger charge is 2.37. The van der Waals surface area contributed by atoms with Crippen LogP contribution in [0.3, 0.4) is 0 Å².